The second kappa shape index (κ2) is 7.29. The lowest BCUT2D eigenvalue weighted by molar-refractivity contribution is 0.0527. The summed E-state index contributed by atoms with van der Waals surface area (Å²) in [5.74, 6) is 1.64. The zero-order valence-electron chi connectivity index (χ0n) is 16.3. The average molecular weight is 395 g/mol. The first kappa shape index (κ1) is 19.1. The van der Waals surface area contributed by atoms with Crippen molar-refractivity contribution in [3.63, 3.8) is 0 Å². The molecule has 3 aliphatic rings. The molecule has 0 unspecified atom stereocenters. The minimum absolute atomic E-state index is 0.226. The van der Waals surface area contributed by atoms with Crippen LogP contribution in [0.25, 0.3) is 0 Å². The Morgan fingerprint density at radius 2 is 2.15 bits per heavy atom. The largest absolute Gasteiger partial charge is 0.376 e. The number of aromatic nitrogens is 2. The van der Waals surface area contributed by atoms with Gasteiger partial charge in [0.15, 0.2) is 0 Å². The van der Waals surface area contributed by atoms with Crippen LogP contribution < -0.4 is 5.32 Å². The van der Waals surface area contributed by atoms with Crippen LogP contribution in [0.15, 0.2) is 0 Å². The number of nitrogens with one attached hydrogen (secondary N) is 1. The highest BCUT2D eigenvalue weighted by Crippen LogP contribution is 2.41. The molecule has 1 saturated heterocycles. The first-order valence-electron chi connectivity index (χ1n) is 10.1. The van der Waals surface area contributed by atoms with Gasteiger partial charge in [-0.2, -0.15) is 0 Å². The summed E-state index contributed by atoms with van der Waals surface area (Å²) in [6.45, 7) is 6.97. The van der Waals surface area contributed by atoms with Crippen molar-refractivity contribution in [2.45, 2.75) is 58.0 Å². The van der Waals surface area contributed by atoms with Gasteiger partial charge in [0.2, 0.25) is 16.0 Å². The minimum atomic E-state index is -3.21. The molecule has 7 nitrogen and oxygen atoms in total. The van der Waals surface area contributed by atoms with Crippen LogP contribution in [-0.4, -0.2) is 54.7 Å². The van der Waals surface area contributed by atoms with Gasteiger partial charge in [-0.1, -0.05) is 13.3 Å². The molecular weight excluding hydrogens is 364 g/mol. The molecule has 4 rings (SSSR count). The highest BCUT2D eigenvalue weighted by Gasteiger charge is 2.48. The molecule has 1 aromatic heterocycles. The Balaban J connectivity index is 1.60. The third-order valence-electron chi connectivity index (χ3n) is 6.05. The lowest BCUT2D eigenvalue weighted by Crippen LogP contribution is -2.42. The van der Waals surface area contributed by atoms with Crippen molar-refractivity contribution in [2.75, 3.05) is 37.3 Å². The van der Waals surface area contributed by atoms with Crippen molar-refractivity contribution in [1.29, 1.82) is 0 Å². The monoisotopic (exact) mass is 394 g/mol. The van der Waals surface area contributed by atoms with Gasteiger partial charge in [-0.15, -0.1) is 0 Å². The first-order chi connectivity index (χ1) is 12.9. The number of nitrogens with zero attached hydrogens (tertiary/aromatic N) is 3. The van der Waals surface area contributed by atoms with Crippen LogP contribution in [0.4, 0.5) is 5.95 Å². The number of aryl methyl sites for hydroxylation is 1. The van der Waals surface area contributed by atoms with Gasteiger partial charge >= 0.3 is 0 Å². The van der Waals surface area contributed by atoms with Crippen LogP contribution in [0.3, 0.4) is 0 Å². The first-order valence-corrected chi connectivity index (χ1v) is 11.7. The smallest absolute Gasteiger partial charge is 0.223 e. The molecule has 0 radical (unpaired) electrons. The molecule has 1 atom stereocenters. The van der Waals surface area contributed by atoms with Gasteiger partial charge in [-0.05, 0) is 38.5 Å². The SMILES string of the molecule is CCCCS(=O)(=O)N1CC[C@@]2(COCc3c(C)nc(NCC4CC4)nc32)C1. The molecule has 2 fully saturated rings. The number of unbranched alkanes of at least 4 members (excludes halogenated alkanes) is 1. The molecule has 3 heterocycles. The van der Waals surface area contributed by atoms with Crippen LogP contribution in [0.1, 0.15) is 56.0 Å². The van der Waals surface area contributed by atoms with E-state index in [2.05, 4.69) is 10.3 Å². The molecule has 0 aromatic carbocycles. The van der Waals surface area contributed by atoms with E-state index in [0.29, 0.717) is 38.7 Å². The summed E-state index contributed by atoms with van der Waals surface area (Å²) in [4.78, 5) is 9.48. The molecule has 1 aliphatic carbocycles. The maximum Gasteiger partial charge on any atom is 0.223 e. The number of hydrogen-bond donors (Lipinski definition) is 1. The summed E-state index contributed by atoms with van der Waals surface area (Å²) >= 11 is 0. The van der Waals surface area contributed by atoms with Gasteiger partial charge in [0, 0.05) is 30.9 Å². The number of sulfonamides is 1. The predicted octanol–water partition coefficient (Wildman–Crippen LogP) is 2.21. The van der Waals surface area contributed by atoms with Crippen LogP contribution >= 0.6 is 0 Å². The van der Waals surface area contributed by atoms with Crippen molar-refractivity contribution in [1.82, 2.24) is 14.3 Å². The second-order valence-electron chi connectivity index (χ2n) is 8.31. The molecule has 27 heavy (non-hydrogen) atoms. The number of fused-ring (bicyclic) bond motifs is 2. The van der Waals surface area contributed by atoms with E-state index in [1.54, 1.807) is 4.31 Å². The zero-order chi connectivity index (χ0) is 19.1. The summed E-state index contributed by atoms with van der Waals surface area (Å²) in [5, 5.41) is 3.38. The highest BCUT2D eigenvalue weighted by atomic mass is 32.2. The maximum absolute atomic E-state index is 12.7. The van der Waals surface area contributed by atoms with E-state index in [1.165, 1.54) is 12.8 Å². The van der Waals surface area contributed by atoms with Crippen molar-refractivity contribution >= 4 is 16.0 Å². The standard InChI is InChI=1S/C19H30N4O3S/c1-3-4-9-27(24,25)23-8-7-19(12-23)13-26-11-16-14(2)21-18(22-17(16)19)20-10-15-5-6-15/h15H,3-13H2,1-2H3,(H,20,21,22)/t19-/m0/s1. The highest BCUT2D eigenvalue weighted by molar-refractivity contribution is 7.89. The van der Waals surface area contributed by atoms with Gasteiger partial charge in [-0.3, -0.25) is 0 Å². The van der Waals surface area contributed by atoms with Gasteiger partial charge < -0.3 is 10.1 Å². The normalized spacial score (nSPS) is 25.7. The van der Waals surface area contributed by atoms with Crippen LogP contribution in [-0.2, 0) is 26.8 Å². The van der Waals surface area contributed by atoms with Gasteiger partial charge in [-0.25, -0.2) is 22.7 Å². The molecule has 1 spiro atoms. The van der Waals surface area contributed by atoms with E-state index in [1.807, 2.05) is 13.8 Å². The Labute approximate surface area is 162 Å². The average Bonchev–Trinajstić information content (AvgIpc) is 3.38. The number of anilines is 1. The van der Waals surface area contributed by atoms with Crippen LogP contribution in [0.5, 0.6) is 0 Å². The lowest BCUT2D eigenvalue weighted by atomic mass is 9.80. The summed E-state index contributed by atoms with van der Waals surface area (Å²) in [7, 11) is -3.21. The number of hydrogen-bond acceptors (Lipinski definition) is 6. The molecule has 1 aromatic rings. The van der Waals surface area contributed by atoms with Crippen LogP contribution in [0.2, 0.25) is 0 Å². The summed E-state index contributed by atoms with van der Waals surface area (Å²) < 4.78 is 32.9. The summed E-state index contributed by atoms with van der Waals surface area (Å²) in [6.07, 6.45) is 4.89. The lowest BCUT2D eigenvalue weighted by Gasteiger charge is -2.35. The molecule has 150 valence electrons. The Bertz CT molecular complexity index is 809. The molecule has 0 amide bonds. The molecule has 1 saturated carbocycles. The van der Waals surface area contributed by atoms with E-state index in [9.17, 15) is 8.42 Å². The fraction of sp³-hybridized carbons (Fsp3) is 0.789. The van der Waals surface area contributed by atoms with Crippen LogP contribution in [0, 0.1) is 12.8 Å². The third kappa shape index (κ3) is 3.84. The Kier molecular flexibility index (Phi) is 5.16. The van der Waals surface area contributed by atoms with E-state index >= 15 is 0 Å². The maximum atomic E-state index is 12.7. The fourth-order valence-electron chi connectivity index (χ4n) is 4.10. The molecule has 2 aliphatic heterocycles. The minimum Gasteiger partial charge on any atom is -0.376 e. The van der Waals surface area contributed by atoms with Crippen molar-refractivity contribution in [2.24, 2.45) is 5.92 Å². The molecule has 0 bridgehead atoms. The van der Waals surface area contributed by atoms with E-state index in [4.69, 9.17) is 9.72 Å². The molecule has 8 heteroatoms. The van der Waals surface area contributed by atoms with Gasteiger partial charge in [0.05, 0.1) is 30.1 Å². The number of rotatable bonds is 7. The topological polar surface area (TPSA) is 84.4 Å². The van der Waals surface area contributed by atoms with Crippen molar-refractivity contribution in [3.05, 3.63) is 17.0 Å². The predicted molar refractivity (Wildman–Crippen MR) is 104 cm³/mol. The molecular formula is C19H30N4O3S. The fourth-order valence-corrected chi connectivity index (χ4v) is 5.82. The quantitative estimate of drug-likeness (QED) is 0.763. The molecule has 1 N–H and O–H groups in total. The summed E-state index contributed by atoms with van der Waals surface area (Å²) in [6, 6.07) is 0. The Hall–Kier alpha value is -1.25. The summed E-state index contributed by atoms with van der Waals surface area (Å²) in [5.41, 5.74) is 2.61. The Morgan fingerprint density at radius 1 is 1.33 bits per heavy atom. The van der Waals surface area contributed by atoms with E-state index < -0.39 is 10.0 Å². The third-order valence-corrected chi connectivity index (χ3v) is 7.96. The van der Waals surface area contributed by atoms with E-state index in [-0.39, 0.29) is 11.2 Å². The van der Waals surface area contributed by atoms with Gasteiger partial charge in [0.1, 0.15) is 0 Å². The van der Waals surface area contributed by atoms with Crippen molar-refractivity contribution in [3.8, 4) is 0 Å². The van der Waals surface area contributed by atoms with E-state index in [0.717, 1.165) is 42.3 Å². The zero-order valence-corrected chi connectivity index (χ0v) is 17.1. The number of ether oxygens (including phenoxy) is 1. The van der Waals surface area contributed by atoms with Crippen molar-refractivity contribution < 1.29 is 13.2 Å². The Morgan fingerprint density at radius 3 is 2.89 bits per heavy atom. The second-order valence-corrected chi connectivity index (χ2v) is 10.4. The van der Waals surface area contributed by atoms with Gasteiger partial charge in [0.25, 0.3) is 0 Å².